The Bertz CT molecular complexity index is 1170. The molecule has 7 nitrogen and oxygen atoms in total. The third-order valence-electron chi connectivity index (χ3n) is 7.36. The predicted octanol–water partition coefficient (Wildman–Crippen LogP) is 4.01. The van der Waals surface area contributed by atoms with Crippen LogP contribution in [0.5, 0.6) is 0 Å². The van der Waals surface area contributed by atoms with Gasteiger partial charge in [-0.15, -0.1) is 23.2 Å². The molecule has 0 radical (unpaired) electrons. The number of fused-ring (bicyclic) bond motifs is 5. The lowest BCUT2D eigenvalue weighted by Gasteiger charge is -2.28. The van der Waals surface area contributed by atoms with Crippen LogP contribution in [0.4, 0.5) is 11.4 Å². The molecule has 1 N–H and O–H groups in total. The number of alkyl halides is 2. The smallest absolute Gasteiger partial charge is 0.338 e. The van der Waals surface area contributed by atoms with Gasteiger partial charge in [-0.25, -0.2) is 4.79 Å². The highest BCUT2D eigenvalue weighted by Crippen LogP contribution is 2.59. The van der Waals surface area contributed by atoms with Crippen molar-refractivity contribution in [2.24, 2.45) is 23.7 Å². The molecular formula is C26H24Cl2N2O5. The number of carbonyl (C=O) groups excluding carboxylic acids is 4. The van der Waals surface area contributed by atoms with E-state index in [0.29, 0.717) is 17.8 Å². The van der Waals surface area contributed by atoms with Crippen molar-refractivity contribution >= 4 is 58.3 Å². The predicted molar refractivity (Wildman–Crippen MR) is 132 cm³/mol. The SMILES string of the molecule is CCc1ccccc1NC(=O)COC(=O)c1ccc(N2C(=O)[C@@H]3[C@H]4C[C@@H]([C@H](Cl)[C@H]4Cl)[C@H]3C2=O)cc1. The Morgan fingerprint density at radius 1 is 0.971 bits per heavy atom. The second-order valence-corrected chi connectivity index (χ2v) is 10.2. The van der Waals surface area contributed by atoms with Gasteiger partial charge in [-0.05, 0) is 60.6 Å². The van der Waals surface area contributed by atoms with E-state index in [9.17, 15) is 19.2 Å². The molecule has 0 spiro atoms. The monoisotopic (exact) mass is 514 g/mol. The fraction of sp³-hybridized carbons (Fsp3) is 0.385. The number of aryl methyl sites for hydroxylation is 1. The Morgan fingerprint density at radius 3 is 2.17 bits per heavy atom. The number of carbonyl (C=O) groups is 4. The van der Waals surface area contributed by atoms with Crippen LogP contribution in [0.3, 0.4) is 0 Å². The van der Waals surface area contributed by atoms with Gasteiger partial charge in [0.1, 0.15) is 0 Å². The lowest BCUT2D eigenvalue weighted by molar-refractivity contribution is -0.123. The Balaban J connectivity index is 1.22. The van der Waals surface area contributed by atoms with E-state index < -0.39 is 30.3 Å². The normalized spacial score (nSPS) is 28.8. The van der Waals surface area contributed by atoms with Crippen molar-refractivity contribution < 1.29 is 23.9 Å². The Labute approximate surface area is 212 Å². The highest BCUT2D eigenvalue weighted by molar-refractivity contribution is 6.32. The number of imide groups is 1. The van der Waals surface area contributed by atoms with Crippen LogP contribution >= 0.6 is 23.2 Å². The number of benzene rings is 2. The average molecular weight is 515 g/mol. The van der Waals surface area contributed by atoms with Crippen LogP contribution in [-0.4, -0.2) is 41.1 Å². The van der Waals surface area contributed by atoms with Crippen molar-refractivity contribution in [3.63, 3.8) is 0 Å². The number of halogens is 2. The van der Waals surface area contributed by atoms with Crippen LogP contribution in [0, 0.1) is 23.7 Å². The summed E-state index contributed by atoms with van der Waals surface area (Å²) in [4.78, 5) is 52.0. The fourth-order valence-electron chi connectivity index (χ4n) is 5.70. The second-order valence-electron chi connectivity index (χ2n) is 9.20. The summed E-state index contributed by atoms with van der Waals surface area (Å²) in [6.07, 6.45) is 1.46. The van der Waals surface area contributed by atoms with Crippen molar-refractivity contribution in [3.05, 3.63) is 59.7 Å². The Hall–Kier alpha value is -2.90. The molecule has 3 amide bonds. The van der Waals surface area contributed by atoms with Gasteiger partial charge in [0.15, 0.2) is 6.61 Å². The molecule has 9 heteroatoms. The van der Waals surface area contributed by atoms with Crippen LogP contribution < -0.4 is 10.2 Å². The maximum absolute atomic E-state index is 13.1. The van der Waals surface area contributed by atoms with Gasteiger partial charge in [0.25, 0.3) is 5.91 Å². The van der Waals surface area contributed by atoms with Crippen molar-refractivity contribution in [3.8, 4) is 0 Å². The summed E-state index contributed by atoms with van der Waals surface area (Å²) in [5, 5.41) is 2.11. The Kier molecular flexibility index (Phi) is 6.32. The van der Waals surface area contributed by atoms with E-state index in [2.05, 4.69) is 5.32 Å². The molecular weight excluding hydrogens is 491 g/mol. The van der Waals surface area contributed by atoms with E-state index in [1.54, 1.807) is 6.07 Å². The molecule has 2 aromatic rings. The topological polar surface area (TPSA) is 92.8 Å². The zero-order chi connectivity index (χ0) is 24.9. The lowest BCUT2D eigenvalue weighted by atomic mass is 9.80. The summed E-state index contributed by atoms with van der Waals surface area (Å²) in [6.45, 7) is 1.55. The third kappa shape index (κ3) is 4.00. The number of nitrogens with one attached hydrogen (secondary N) is 1. The highest BCUT2D eigenvalue weighted by atomic mass is 35.5. The fourth-order valence-corrected chi connectivity index (χ4v) is 6.59. The molecule has 2 bridgehead atoms. The minimum atomic E-state index is -0.681. The summed E-state index contributed by atoms with van der Waals surface area (Å²) in [5.74, 6) is -2.72. The molecule has 1 saturated heterocycles. The summed E-state index contributed by atoms with van der Waals surface area (Å²) in [7, 11) is 0. The number of nitrogens with zero attached hydrogens (tertiary/aromatic N) is 1. The molecule has 0 aromatic heterocycles. The number of rotatable bonds is 6. The average Bonchev–Trinajstić information content (AvgIpc) is 3.47. The first kappa shape index (κ1) is 23.8. The van der Waals surface area contributed by atoms with Gasteiger partial charge in [-0.3, -0.25) is 19.3 Å². The zero-order valence-electron chi connectivity index (χ0n) is 18.9. The van der Waals surface area contributed by atoms with E-state index in [4.69, 9.17) is 27.9 Å². The molecule has 6 atom stereocenters. The Morgan fingerprint density at radius 2 is 1.57 bits per heavy atom. The molecule has 3 aliphatic rings. The van der Waals surface area contributed by atoms with E-state index in [-0.39, 0.29) is 40.0 Å². The van der Waals surface area contributed by atoms with Crippen LogP contribution in [-0.2, 0) is 25.5 Å². The molecule has 5 rings (SSSR count). The van der Waals surface area contributed by atoms with Crippen molar-refractivity contribution in [1.29, 1.82) is 0 Å². The van der Waals surface area contributed by atoms with Crippen molar-refractivity contribution in [2.75, 3.05) is 16.8 Å². The standard InChI is InChI=1S/C26H24Cl2N2O5/c1-2-13-5-3-4-6-18(13)29-19(31)12-35-26(34)14-7-9-15(10-8-14)30-24(32)20-16-11-17(21(20)25(30)33)23(28)22(16)27/h3-10,16-17,20-23H,2,11-12H2,1H3,(H,29,31)/t16-,17-,20-,21-,22+,23+/m1/s1. The summed E-state index contributed by atoms with van der Waals surface area (Å²) in [5.41, 5.74) is 2.25. The maximum Gasteiger partial charge on any atom is 0.338 e. The van der Waals surface area contributed by atoms with E-state index in [1.165, 1.54) is 29.2 Å². The molecule has 2 aliphatic carbocycles. The number of hydrogen-bond acceptors (Lipinski definition) is 5. The van der Waals surface area contributed by atoms with Crippen LogP contribution in [0.15, 0.2) is 48.5 Å². The molecule has 1 aliphatic heterocycles. The maximum atomic E-state index is 13.1. The van der Waals surface area contributed by atoms with Gasteiger partial charge in [0, 0.05) is 5.69 Å². The van der Waals surface area contributed by atoms with Gasteiger partial charge in [-0.1, -0.05) is 25.1 Å². The number of anilines is 2. The highest BCUT2D eigenvalue weighted by Gasteiger charge is 2.66. The number of ether oxygens (including phenoxy) is 1. The molecule has 182 valence electrons. The van der Waals surface area contributed by atoms with E-state index >= 15 is 0 Å². The number of hydrogen-bond donors (Lipinski definition) is 1. The molecule has 3 fully saturated rings. The molecule has 0 unspecified atom stereocenters. The first-order valence-electron chi connectivity index (χ1n) is 11.6. The first-order valence-corrected chi connectivity index (χ1v) is 12.5. The number of para-hydroxylation sites is 1. The minimum absolute atomic E-state index is 0.0969. The van der Waals surface area contributed by atoms with E-state index in [1.807, 2.05) is 25.1 Å². The van der Waals surface area contributed by atoms with Gasteiger partial charge in [0.05, 0.1) is 33.8 Å². The summed E-state index contributed by atoms with van der Waals surface area (Å²) >= 11 is 12.8. The van der Waals surface area contributed by atoms with E-state index in [0.717, 1.165) is 12.0 Å². The van der Waals surface area contributed by atoms with Gasteiger partial charge in [-0.2, -0.15) is 0 Å². The number of amides is 3. The van der Waals surface area contributed by atoms with Crippen molar-refractivity contribution in [1.82, 2.24) is 0 Å². The first-order chi connectivity index (χ1) is 16.8. The second kappa shape index (κ2) is 9.28. The minimum Gasteiger partial charge on any atom is -0.452 e. The largest absolute Gasteiger partial charge is 0.452 e. The van der Waals surface area contributed by atoms with Crippen LogP contribution in [0.2, 0.25) is 0 Å². The van der Waals surface area contributed by atoms with Gasteiger partial charge >= 0.3 is 5.97 Å². The lowest BCUT2D eigenvalue weighted by Crippen LogP contribution is -2.37. The molecule has 2 saturated carbocycles. The van der Waals surface area contributed by atoms with Crippen LogP contribution in [0.25, 0.3) is 0 Å². The summed E-state index contributed by atoms with van der Waals surface area (Å²) < 4.78 is 5.14. The van der Waals surface area contributed by atoms with Gasteiger partial charge < -0.3 is 10.1 Å². The molecule has 1 heterocycles. The molecule has 2 aromatic carbocycles. The summed E-state index contributed by atoms with van der Waals surface area (Å²) in [6, 6.07) is 13.4. The van der Waals surface area contributed by atoms with Crippen LogP contribution in [0.1, 0.15) is 29.3 Å². The van der Waals surface area contributed by atoms with Gasteiger partial charge in [0.2, 0.25) is 11.8 Å². The number of esters is 1. The quantitative estimate of drug-likeness (QED) is 0.357. The van der Waals surface area contributed by atoms with Crippen molar-refractivity contribution in [2.45, 2.75) is 30.5 Å². The molecule has 35 heavy (non-hydrogen) atoms. The third-order valence-corrected chi connectivity index (χ3v) is 8.67. The zero-order valence-corrected chi connectivity index (χ0v) is 20.5.